The van der Waals surface area contributed by atoms with Crippen LogP contribution >= 0.6 is 0 Å². The van der Waals surface area contributed by atoms with Crippen LogP contribution in [0.3, 0.4) is 0 Å². The van der Waals surface area contributed by atoms with Crippen molar-refractivity contribution in [1.29, 1.82) is 0 Å². The van der Waals surface area contributed by atoms with Crippen molar-refractivity contribution in [2.75, 3.05) is 42.2 Å². The largest absolute Gasteiger partial charge is 0.396 e. The van der Waals surface area contributed by atoms with Gasteiger partial charge in [0.2, 0.25) is 17.8 Å². The second-order valence-electron chi connectivity index (χ2n) is 3.49. The molecule has 0 amide bonds. The van der Waals surface area contributed by atoms with Gasteiger partial charge in [-0.2, -0.15) is 15.0 Å². The Morgan fingerprint density at radius 2 is 1.94 bits per heavy atom. The molecule has 1 aromatic heterocycles. The summed E-state index contributed by atoms with van der Waals surface area (Å²) in [5.74, 6) is 1.23. The Labute approximate surface area is 101 Å². The lowest BCUT2D eigenvalue weighted by atomic mass is 10.4. The van der Waals surface area contributed by atoms with Gasteiger partial charge < -0.3 is 21.1 Å². The van der Waals surface area contributed by atoms with Crippen molar-refractivity contribution < 1.29 is 5.11 Å². The second-order valence-corrected chi connectivity index (χ2v) is 3.49. The van der Waals surface area contributed by atoms with Crippen molar-refractivity contribution >= 4 is 17.8 Å². The van der Waals surface area contributed by atoms with E-state index in [4.69, 9.17) is 10.8 Å². The molecule has 0 fully saturated rings. The van der Waals surface area contributed by atoms with Crippen molar-refractivity contribution in [3.05, 3.63) is 0 Å². The molecular formula is C10H20N6O. The number of nitrogens with zero attached hydrogens (tertiary/aromatic N) is 4. The maximum atomic E-state index is 8.69. The highest BCUT2D eigenvalue weighted by molar-refractivity contribution is 5.41. The van der Waals surface area contributed by atoms with Crippen LogP contribution in [0.1, 0.15) is 20.3 Å². The Morgan fingerprint density at radius 3 is 2.53 bits per heavy atom. The van der Waals surface area contributed by atoms with Crippen LogP contribution in [0.5, 0.6) is 0 Å². The van der Waals surface area contributed by atoms with Crippen LogP contribution < -0.4 is 16.0 Å². The molecule has 96 valence electrons. The Morgan fingerprint density at radius 1 is 1.24 bits per heavy atom. The third kappa shape index (κ3) is 4.03. The van der Waals surface area contributed by atoms with E-state index in [1.54, 1.807) is 0 Å². The van der Waals surface area contributed by atoms with E-state index in [0.29, 0.717) is 24.9 Å². The number of aliphatic hydroxyl groups is 1. The first-order valence-corrected chi connectivity index (χ1v) is 5.82. The van der Waals surface area contributed by atoms with E-state index >= 15 is 0 Å². The first-order valence-electron chi connectivity index (χ1n) is 5.82. The Balaban J connectivity index is 2.78. The summed E-state index contributed by atoms with van der Waals surface area (Å²) in [6.45, 7) is 6.44. The van der Waals surface area contributed by atoms with E-state index in [9.17, 15) is 0 Å². The number of hydrogen-bond donors (Lipinski definition) is 3. The molecule has 1 rings (SSSR count). The Hall–Kier alpha value is -1.63. The SMILES string of the molecule is CCN(CC)c1nc(N)nc(NCCCO)n1. The van der Waals surface area contributed by atoms with Crippen LogP contribution in [0.15, 0.2) is 0 Å². The maximum absolute atomic E-state index is 8.69. The second kappa shape index (κ2) is 6.85. The first-order chi connectivity index (χ1) is 8.21. The molecule has 0 bridgehead atoms. The Bertz CT molecular complexity index is 342. The van der Waals surface area contributed by atoms with Gasteiger partial charge in [0.1, 0.15) is 0 Å². The molecule has 0 saturated carbocycles. The molecule has 1 heterocycles. The van der Waals surface area contributed by atoms with E-state index in [2.05, 4.69) is 20.3 Å². The number of rotatable bonds is 7. The fraction of sp³-hybridized carbons (Fsp3) is 0.700. The standard InChI is InChI=1S/C10H20N6O/c1-3-16(4-2)10-14-8(11)13-9(15-10)12-6-5-7-17/h17H,3-7H2,1-2H3,(H3,11,12,13,14,15). The number of nitrogen functional groups attached to an aromatic ring is 1. The lowest BCUT2D eigenvalue weighted by Gasteiger charge is -2.18. The van der Waals surface area contributed by atoms with E-state index in [1.807, 2.05) is 18.7 Å². The van der Waals surface area contributed by atoms with Crippen LogP contribution in [0.4, 0.5) is 17.8 Å². The van der Waals surface area contributed by atoms with Gasteiger partial charge in [0.25, 0.3) is 0 Å². The molecular weight excluding hydrogens is 220 g/mol. The molecule has 0 aliphatic carbocycles. The minimum Gasteiger partial charge on any atom is -0.396 e. The molecule has 1 aromatic rings. The maximum Gasteiger partial charge on any atom is 0.231 e. The van der Waals surface area contributed by atoms with Crippen LogP contribution in [-0.4, -0.2) is 46.3 Å². The van der Waals surface area contributed by atoms with Gasteiger partial charge in [-0.25, -0.2) is 0 Å². The Kier molecular flexibility index (Phi) is 5.41. The normalized spacial score (nSPS) is 10.3. The van der Waals surface area contributed by atoms with Crippen molar-refractivity contribution in [3.63, 3.8) is 0 Å². The average molecular weight is 240 g/mol. The number of aliphatic hydroxyl groups excluding tert-OH is 1. The first kappa shape index (κ1) is 13.4. The summed E-state index contributed by atoms with van der Waals surface area (Å²) >= 11 is 0. The highest BCUT2D eigenvalue weighted by Gasteiger charge is 2.09. The van der Waals surface area contributed by atoms with Gasteiger partial charge in [-0.1, -0.05) is 0 Å². The van der Waals surface area contributed by atoms with Crippen molar-refractivity contribution in [2.45, 2.75) is 20.3 Å². The zero-order valence-corrected chi connectivity index (χ0v) is 10.3. The van der Waals surface area contributed by atoms with Crippen molar-refractivity contribution in [3.8, 4) is 0 Å². The fourth-order valence-electron chi connectivity index (χ4n) is 1.39. The zero-order valence-electron chi connectivity index (χ0n) is 10.3. The zero-order chi connectivity index (χ0) is 12.7. The molecule has 0 aliphatic heterocycles. The van der Waals surface area contributed by atoms with Crippen LogP contribution in [0.25, 0.3) is 0 Å². The predicted molar refractivity (Wildman–Crippen MR) is 68.0 cm³/mol. The van der Waals surface area contributed by atoms with Crippen molar-refractivity contribution in [2.24, 2.45) is 0 Å². The molecule has 7 heteroatoms. The summed E-state index contributed by atoms with van der Waals surface area (Å²) in [5, 5.41) is 11.7. The molecule has 0 saturated heterocycles. The lowest BCUT2D eigenvalue weighted by molar-refractivity contribution is 0.292. The molecule has 0 radical (unpaired) electrons. The van der Waals surface area contributed by atoms with E-state index in [1.165, 1.54) is 0 Å². The van der Waals surface area contributed by atoms with Crippen LogP contribution in [-0.2, 0) is 0 Å². The van der Waals surface area contributed by atoms with E-state index in [-0.39, 0.29) is 12.6 Å². The predicted octanol–water partition coefficient (Wildman–Crippen LogP) is 0.0943. The molecule has 7 nitrogen and oxygen atoms in total. The third-order valence-electron chi connectivity index (χ3n) is 2.31. The highest BCUT2D eigenvalue weighted by atomic mass is 16.3. The number of aromatic nitrogens is 3. The van der Waals surface area contributed by atoms with Gasteiger partial charge in [-0.3, -0.25) is 0 Å². The summed E-state index contributed by atoms with van der Waals surface area (Å²) < 4.78 is 0. The molecule has 0 atom stereocenters. The van der Waals surface area contributed by atoms with E-state index < -0.39 is 0 Å². The van der Waals surface area contributed by atoms with Crippen LogP contribution in [0.2, 0.25) is 0 Å². The summed E-state index contributed by atoms with van der Waals surface area (Å²) in [6.07, 6.45) is 0.645. The minimum atomic E-state index is 0.135. The summed E-state index contributed by atoms with van der Waals surface area (Å²) in [4.78, 5) is 14.4. The highest BCUT2D eigenvalue weighted by Crippen LogP contribution is 2.11. The molecule has 0 aliphatic rings. The molecule has 0 spiro atoms. The van der Waals surface area contributed by atoms with Crippen LogP contribution in [0, 0.1) is 0 Å². The number of anilines is 3. The molecule has 4 N–H and O–H groups in total. The van der Waals surface area contributed by atoms with Gasteiger partial charge in [0.15, 0.2) is 0 Å². The van der Waals surface area contributed by atoms with Gasteiger partial charge in [0.05, 0.1) is 0 Å². The van der Waals surface area contributed by atoms with E-state index in [0.717, 1.165) is 13.1 Å². The smallest absolute Gasteiger partial charge is 0.231 e. The number of hydrogen-bond acceptors (Lipinski definition) is 7. The summed E-state index contributed by atoms with van der Waals surface area (Å²) in [7, 11) is 0. The fourth-order valence-corrected chi connectivity index (χ4v) is 1.39. The van der Waals surface area contributed by atoms with Gasteiger partial charge >= 0.3 is 0 Å². The topological polar surface area (TPSA) is 100 Å². The lowest BCUT2D eigenvalue weighted by Crippen LogP contribution is -2.25. The molecule has 0 unspecified atom stereocenters. The number of nitrogens with one attached hydrogen (secondary N) is 1. The third-order valence-corrected chi connectivity index (χ3v) is 2.31. The average Bonchev–Trinajstić information content (AvgIpc) is 2.30. The van der Waals surface area contributed by atoms with Gasteiger partial charge in [-0.05, 0) is 20.3 Å². The monoisotopic (exact) mass is 240 g/mol. The van der Waals surface area contributed by atoms with Gasteiger partial charge in [0, 0.05) is 26.2 Å². The molecule has 17 heavy (non-hydrogen) atoms. The van der Waals surface area contributed by atoms with Gasteiger partial charge in [-0.15, -0.1) is 0 Å². The number of nitrogens with two attached hydrogens (primary N) is 1. The quantitative estimate of drug-likeness (QED) is 0.581. The summed E-state index contributed by atoms with van der Waals surface area (Å²) in [6, 6.07) is 0. The summed E-state index contributed by atoms with van der Waals surface area (Å²) in [5.41, 5.74) is 5.63. The van der Waals surface area contributed by atoms with Crippen molar-refractivity contribution in [1.82, 2.24) is 15.0 Å². The minimum absolute atomic E-state index is 0.135. The molecule has 0 aromatic carbocycles.